The Kier molecular flexibility index (Phi) is 7.91. The molecule has 0 radical (unpaired) electrons. The van der Waals surface area contributed by atoms with E-state index in [1.165, 1.54) is 43.7 Å². The Hall–Kier alpha value is -2.58. The molecular weight excluding hydrogens is 352 g/mol. The number of hydrogen-bond donors (Lipinski definition) is 0. The number of hydrogen-bond acceptors (Lipinski definition) is 5. The van der Waals surface area contributed by atoms with Crippen molar-refractivity contribution in [1.82, 2.24) is 4.98 Å². The number of benzene rings is 1. The highest BCUT2D eigenvalue weighted by Crippen LogP contribution is 2.22. The zero-order chi connectivity index (χ0) is 18.8. The molecule has 136 valence electrons. The molecule has 0 aliphatic heterocycles. The summed E-state index contributed by atoms with van der Waals surface area (Å²) in [4.78, 5) is 16.2. The van der Waals surface area contributed by atoms with Crippen molar-refractivity contribution in [1.29, 1.82) is 5.26 Å². The summed E-state index contributed by atoms with van der Waals surface area (Å²) in [5.74, 6) is 0.281. The third kappa shape index (κ3) is 6.05. The average molecular weight is 373 g/mol. The first kappa shape index (κ1) is 19.7. The van der Waals surface area contributed by atoms with E-state index in [1.807, 2.05) is 6.07 Å². The van der Waals surface area contributed by atoms with Crippen LogP contribution in [0.3, 0.4) is 0 Å². The molecule has 0 aliphatic rings. The van der Waals surface area contributed by atoms with Gasteiger partial charge in [-0.25, -0.2) is 9.78 Å². The molecule has 0 unspecified atom stereocenters. The van der Waals surface area contributed by atoms with Gasteiger partial charge in [-0.3, -0.25) is 0 Å². The topological polar surface area (TPSA) is 72.2 Å². The quantitative estimate of drug-likeness (QED) is 0.344. The van der Waals surface area contributed by atoms with Crippen LogP contribution in [-0.4, -0.2) is 17.6 Å². The normalized spacial score (nSPS) is 10.2. The van der Waals surface area contributed by atoms with Gasteiger partial charge >= 0.3 is 5.97 Å². The van der Waals surface area contributed by atoms with E-state index >= 15 is 0 Å². The summed E-state index contributed by atoms with van der Waals surface area (Å²) < 4.78 is 10.8. The van der Waals surface area contributed by atoms with E-state index in [0.717, 1.165) is 12.8 Å². The predicted octanol–water partition coefficient (Wildman–Crippen LogP) is 5.18. The summed E-state index contributed by atoms with van der Waals surface area (Å²) in [6.45, 7) is 2.82. The Morgan fingerprint density at radius 2 is 1.92 bits per heavy atom. The minimum absolute atomic E-state index is 0.167. The van der Waals surface area contributed by atoms with Crippen molar-refractivity contribution in [2.24, 2.45) is 0 Å². The summed E-state index contributed by atoms with van der Waals surface area (Å²) in [6, 6.07) is 9.63. The van der Waals surface area contributed by atoms with Crippen molar-refractivity contribution in [3.8, 4) is 17.6 Å². The lowest BCUT2D eigenvalue weighted by Gasteiger charge is -2.07. The summed E-state index contributed by atoms with van der Waals surface area (Å²) in [5, 5.41) is 9.08. The van der Waals surface area contributed by atoms with Crippen LogP contribution in [0.25, 0.3) is 0 Å². The van der Waals surface area contributed by atoms with Crippen molar-refractivity contribution in [2.75, 3.05) is 6.61 Å². The van der Waals surface area contributed by atoms with Crippen LogP contribution in [0.15, 0.2) is 36.5 Å². The van der Waals surface area contributed by atoms with E-state index in [0.29, 0.717) is 17.9 Å². The van der Waals surface area contributed by atoms with Crippen molar-refractivity contribution < 1.29 is 14.3 Å². The molecule has 5 nitrogen and oxygen atoms in total. The largest absolute Gasteiger partial charge is 0.492 e. The van der Waals surface area contributed by atoms with Crippen molar-refractivity contribution in [3.05, 3.63) is 52.8 Å². The Bertz CT molecular complexity index is 770. The van der Waals surface area contributed by atoms with Gasteiger partial charge in [0.25, 0.3) is 0 Å². The second-order valence-electron chi connectivity index (χ2n) is 5.78. The highest BCUT2D eigenvalue weighted by molar-refractivity contribution is 6.31. The molecule has 0 atom stereocenters. The third-order valence-electron chi connectivity index (χ3n) is 3.73. The highest BCUT2D eigenvalue weighted by Gasteiger charge is 2.12. The summed E-state index contributed by atoms with van der Waals surface area (Å²) in [6.07, 6.45) is 7.36. The lowest BCUT2D eigenvalue weighted by atomic mass is 10.2. The molecule has 26 heavy (non-hydrogen) atoms. The Morgan fingerprint density at radius 3 is 2.58 bits per heavy atom. The Labute approximate surface area is 158 Å². The molecule has 0 saturated carbocycles. The number of unbranched alkanes of at least 4 members (excludes halogenated alkanes) is 4. The maximum atomic E-state index is 12.1. The number of esters is 1. The molecular formula is C20H21ClN2O3. The number of rotatable bonds is 9. The van der Waals surface area contributed by atoms with Crippen molar-refractivity contribution in [2.45, 2.75) is 39.0 Å². The number of carbonyl (C=O) groups excluding carboxylic acids is 1. The second-order valence-corrected chi connectivity index (χ2v) is 6.19. The van der Waals surface area contributed by atoms with Crippen LogP contribution in [0, 0.1) is 11.3 Å². The zero-order valence-corrected chi connectivity index (χ0v) is 15.5. The molecule has 0 fully saturated rings. The minimum Gasteiger partial charge on any atom is -0.492 e. The lowest BCUT2D eigenvalue weighted by Crippen LogP contribution is -2.10. The molecule has 2 aromatic rings. The minimum atomic E-state index is -0.600. The molecule has 0 aliphatic carbocycles. The van der Waals surface area contributed by atoms with Gasteiger partial charge in [0.1, 0.15) is 23.3 Å². The number of aromatic nitrogens is 1. The van der Waals surface area contributed by atoms with Crippen LogP contribution in [-0.2, 0) is 0 Å². The van der Waals surface area contributed by atoms with Gasteiger partial charge in [-0.1, -0.05) is 44.2 Å². The SMILES string of the molecule is CCCCCCCOc1ccc(C(=O)Oc2ccc(C#N)c(Cl)c2)nc1. The van der Waals surface area contributed by atoms with Gasteiger partial charge < -0.3 is 9.47 Å². The Balaban J connectivity index is 1.84. The molecule has 1 aromatic carbocycles. The van der Waals surface area contributed by atoms with Gasteiger partial charge in [0.05, 0.1) is 23.4 Å². The summed E-state index contributed by atoms with van der Waals surface area (Å²) in [7, 11) is 0. The van der Waals surface area contributed by atoms with E-state index in [9.17, 15) is 4.79 Å². The maximum absolute atomic E-state index is 12.1. The number of ether oxygens (including phenoxy) is 2. The lowest BCUT2D eigenvalue weighted by molar-refractivity contribution is 0.0728. The molecule has 0 saturated heterocycles. The third-order valence-corrected chi connectivity index (χ3v) is 4.05. The van der Waals surface area contributed by atoms with Gasteiger partial charge in [-0.05, 0) is 30.7 Å². The smallest absolute Gasteiger partial charge is 0.362 e. The second kappa shape index (κ2) is 10.4. The standard InChI is InChI=1S/C20H21ClN2O3/c1-2-3-4-5-6-11-25-17-9-10-19(23-14-17)20(24)26-16-8-7-15(13-22)18(21)12-16/h7-10,12,14H,2-6,11H2,1H3. The van der Waals surface area contributed by atoms with Crippen LogP contribution in [0.1, 0.15) is 55.1 Å². The number of halogens is 1. The first-order valence-corrected chi connectivity index (χ1v) is 9.02. The number of pyridine rings is 1. The molecule has 1 heterocycles. The molecule has 0 bridgehead atoms. The number of carbonyl (C=O) groups is 1. The molecule has 0 N–H and O–H groups in total. The predicted molar refractivity (Wildman–Crippen MR) is 99.6 cm³/mol. The van der Waals surface area contributed by atoms with Gasteiger partial charge in [-0.15, -0.1) is 0 Å². The zero-order valence-electron chi connectivity index (χ0n) is 14.7. The molecule has 0 amide bonds. The number of nitriles is 1. The van der Waals surface area contributed by atoms with Gasteiger partial charge in [0, 0.05) is 6.07 Å². The van der Waals surface area contributed by atoms with Gasteiger partial charge in [0.2, 0.25) is 0 Å². The van der Waals surface area contributed by atoms with E-state index in [4.69, 9.17) is 26.3 Å². The first-order chi connectivity index (χ1) is 12.6. The first-order valence-electron chi connectivity index (χ1n) is 8.64. The highest BCUT2D eigenvalue weighted by atomic mass is 35.5. The van der Waals surface area contributed by atoms with Gasteiger partial charge in [-0.2, -0.15) is 5.26 Å². The maximum Gasteiger partial charge on any atom is 0.362 e. The van der Waals surface area contributed by atoms with E-state index < -0.39 is 5.97 Å². The van der Waals surface area contributed by atoms with E-state index in [2.05, 4.69) is 11.9 Å². The summed E-state index contributed by atoms with van der Waals surface area (Å²) >= 11 is 5.92. The fraction of sp³-hybridized carbons (Fsp3) is 0.350. The van der Waals surface area contributed by atoms with Crippen molar-refractivity contribution in [3.63, 3.8) is 0 Å². The fourth-order valence-electron chi connectivity index (χ4n) is 2.29. The molecule has 0 spiro atoms. The van der Waals surface area contributed by atoms with Gasteiger partial charge in [0.15, 0.2) is 0 Å². The van der Waals surface area contributed by atoms with Crippen LogP contribution < -0.4 is 9.47 Å². The number of nitrogens with zero attached hydrogens (tertiary/aromatic N) is 2. The van der Waals surface area contributed by atoms with E-state index in [-0.39, 0.29) is 16.5 Å². The summed E-state index contributed by atoms with van der Waals surface area (Å²) in [5.41, 5.74) is 0.488. The van der Waals surface area contributed by atoms with Crippen LogP contribution in [0.5, 0.6) is 11.5 Å². The average Bonchev–Trinajstić information content (AvgIpc) is 2.65. The van der Waals surface area contributed by atoms with E-state index in [1.54, 1.807) is 12.1 Å². The fourth-order valence-corrected chi connectivity index (χ4v) is 2.50. The monoisotopic (exact) mass is 372 g/mol. The molecule has 6 heteroatoms. The van der Waals surface area contributed by atoms with Crippen LogP contribution in [0.4, 0.5) is 0 Å². The van der Waals surface area contributed by atoms with Crippen LogP contribution >= 0.6 is 11.6 Å². The molecule has 2 rings (SSSR count). The Morgan fingerprint density at radius 1 is 1.15 bits per heavy atom. The van der Waals surface area contributed by atoms with Crippen molar-refractivity contribution >= 4 is 17.6 Å². The molecule has 1 aromatic heterocycles. The van der Waals surface area contributed by atoms with Crippen LogP contribution in [0.2, 0.25) is 5.02 Å².